The number of hydrogen-bond donors (Lipinski definition) is 2. The molecule has 6 nitrogen and oxygen atoms in total. The minimum Gasteiger partial charge on any atom is -0.293 e. The van der Waals surface area contributed by atoms with Gasteiger partial charge in [-0.2, -0.15) is 4.31 Å². The second-order valence-corrected chi connectivity index (χ2v) is 5.88. The van der Waals surface area contributed by atoms with Crippen molar-refractivity contribution in [1.82, 2.24) is 9.73 Å². The summed E-state index contributed by atoms with van der Waals surface area (Å²) in [5.74, 6) is 4.42. The lowest BCUT2D eigenvalue weighted by Gasteiger charge is -2.18. The molecule has 0 atom stereocenters. The number of benzene rings is 1. The average molecular weight is 271 g/mol. The van der Waals surface area contributed by atoms with Gasteiger partial charge in [0.05, 0.1) is 12.8 Å². The van der Waals surface area contributed by atoms with Crippen molar-refractivity contribution in [2.75, 3.05) is 19.3 Å². The van der Waals surface area contributed by atoms with E-state index in [1.807, 2.05) is 35.8 Å². The molecule has 0 fully saturated rings. The molecular formula is C11H17N3O3S. The molecule has 1 aromatic carbocycles. The molecule has 0 aliphatic carbocycles. The Morgan fingerprint density at radius 1 is 1.33 bits per heavy atom. The molecule has 7 heteroatoms. The van der Waals surface area contributed by atoms with Crippen LogP contribution in [0.15, 0.2) is 30.3 Å². The van der Waals surface area contributed by atoms with Gasteiger partial charge in [0.15, 0.2) is 0 Å². The molecule has 0 spiro atoms. The normalized spacial score (nSPS) is 11.5. The lowest BCUT2D eigenvalue weighted by atomic mass is 10.1. The molecule has 0 heterocycles. The van der Waals surface area contributed by atoms with E-state index >= 15 is 0 Å². The quantitative estimate of drug-likeness (QED) is 0.414. The van der Waals surface area contributed by atoms with Gasteiger partial charge in [0.1, 0.15) is 0 Å². The molecule has 100 valence electrons. The van der Waals surface area contributed by atoms with Crippen molar-refractivity contribution in [2.45, 2.75) is 6.42 Å². The van der Waals surface area contributed by atoms with Gasteiger partial charge >= 0.3 is 0 Å². The fourth-order valence-electron chi connectivity index (χ4n) is 1.47. The van der Waals surface area contributed by atoms with Gasteiger partial charge in [-0.3, -0.25) is 10.2 Å². The summed E-state index contributed by atoms with van der Waals surface area (Å²) < 4.78 is 24.1. The first-order chi connectivity index (χ1) is 8.43. The first-order valence-corrected chi connectivity index (χ1v) is 7.27. The van der Waals surface area contributed by atoms with Gasteiger partial charge in [-0.15, -0.1) is 0 Å². The first-order valence-electron chi connectivity index (χ1n) is 5.42. The minimum atomic E-state index is -3.42. The van der Waals surface area contributed by atoms with E-state index in [0.717, 1.165) is 16.1 Å². The summed E-state index contributed by atoms with van der Waals surface area (Å²) in [6, 6.07) is 9.46. The summed E-state index contributed by atoms with van der Waals surface area (Å²) in [5, 5.41) is 0. The molecule has 0 aliphatic heterocycles. The van der Waals surface area contributed by atoms with Crippen LogP contribution >= 0.6 is 0 Å². The molecule has 0 aliphatic rings. The third-order valence-corrected chi connectivity index (χ3v) is 3.69. The van der Waals surface area contributed by atoms with Crippen molar-refractivity contribution in [3.05, 3.63) is 35.9 Å². The Balaban J connectivity index is 2.66. The van der Waals surface area contributed by atoms with Crippen LogP contribution in [0.2, 0.25) is 0 Å². The van der Waals surface area contributed by atoms with Crippen LogP contribution in [0.5, 0.6) is 0 Å². The van der Waals surface area contributed by atoms with Crippen LogP contribution in [-0.2, 0) is 21.2 Å². The topological polar surface area (TPSA) is 92.5 Å². The highest BCUT2D eigenvalue weighted by Gasteiger charge is 2.19. The summed E-state index contributed by atoms with van der Waals surface area (Å²) in [6.07, 6.45) is 1.62. The number of nitrogens with one attached hydrogen (secondary N) is 1. The van der Waals surface area contributed by atoms with E-state index in [1.54, 1.807) is 0 Å². The fourth-order valence-corrected chi connectivity index (χ4v) is 2.24. The van der Waals surface area contributed by atoms with Crippen molar-refractivity contribution >= 4 is 15.9 Å². The molecule has 1 aromatic rings. The van der Waals surface area contributed by atoms with E-state index in [9.17, 15) is 13.2 Å². The third kappa shape index (κ3) is 4.82. The summed E-state index contributed by atoms with van der Waals surface area (Å²) in [5.41, 5.74) is 2.93. The van der Waals surface area contributed by atoms with Crippen molar-refractivity contribution < 1.29 is 13.2 Å². The SMILES string of the molecule is CS(=O)(=O)N(CCc1ccccc1)CC(=O)NN. The molecule has 0 aromatic heterocycles. The van der Waals surface area contributed by atoms with Gasteiger partial charge in [0, 0.05) is 6.54 Å². The minimum absolute atomic E-state index is 0.246. The predicted molar refractivity (Wildman–Crippen MR) is 68.9 cm³/mol. The zero-order chi connectivity index (χ0) is 13.6. The number of nitrogens with zero attached hydrogens (tertiary/aromatic N) is 1. The maximum absolute atomic E-state index is 11.5. The Hall–Kier alpha value is -1.44. The standard InChI is InChI=1S/C11H17N3O3S/c1-18(16,17)14(9-11(15)13-12)8-7-10-5-3-2-4-6-10/h2-6H,7-9,12H2,1H3,(H,13,15). The second kappa shape index (κ2) is 6.48. The number of hydrogen-bond acceptors (Lipinski definition) is 4. The number of rotatable bonds is 6. The van der Waals surface area contributed by atoms with Crippen LogP contribution in [-0.4, -0.2) is 38.0 Å². The number of sulfonamides is 1. The molecular weight excluding hydrogens is 254 g/mol. The van der Waals surface area contributed by atoms with Gasteiger partial charge < -0.3 is 0 Å². The van der Waals surface area contributed by atoms with Gasteiger partial charge in [-0.1, -0.05) is 30.3 Å². The zero-order valence-corrected chi connectivity index (χ0v) is 11.0. The highest BCUT2D eigenvalue weighted by Crippen LogP contribution is 2.04. The van der Waals surface area contributed by atoms with Crippen molar-refractivity contribution in [1.29, 1.82) is 0 Å². The van der Waals surface area contributed by atoms with Gasteiger partial charge in [0.25, 0.3) is 0 Å². The third-order valence-electron chi connectivity index (χ3n) is 2.44. The fraction of sp³-hybridized carbons (Fsp3) is 0.364. The van der Waals surface area contributed by atoms with E-state index in [-0.39, 0.29) is 13.1 Å². The molecule has 0 bridgehead atoms. The molecule has 3 N–H and O–H groups in total. The van der Waals surface area contributed by atoms with Crippen LogP contribution < -0.4 is 11.3 Å². The monoisotopic (exact) mass is 271 g/mol. The smallest absolute Gasteiger partial charge is 0.249 e. The van der Waals surface area contributed by atoms with Crippen molar-refractivity contribution in [3.8, 4) is 0 Å². The summed E-state index contributed by atoms with van der Waals surface area (Å²) in [7, 11) is -3.42. The van der Waals surface area contributed by atoms with Crippen LogP contribution in [0, 0.1) is 0 Å². The van der Waals surface area contributed by atoms with Crippen LogP contribution in [0.4, 0.5) is 0 Å². The van der Waals surface area contributed by atoms with E-state index in [0.29, 0.717) is 6.42 Å². The molecule has 18 heavy (non-hydrogen) atoms. The van der Waals surface area contributed by atoms with Crippen molar-refractivity contribution in [2.24, 2.45) is 5.84 Å². The van der Waals surface area contributed by atoms with Crippen LogP contribution in [0.25, 0.3) is 0 Å². The van der Waals surface area contributed by atoms with Crippen molar-refractivity contribution in [3.63, 3.8) is 0 Å². The van der Waals surface area contributed by atoms with Crippen LogP contribution in [0.3, 0.4) is 0 Å². The largest absolute Gasteiger partial charge is 0.293 e. The zero-order valence-electron chi connectivity index (χ0n) is 10.2. The average Bonchev–Trinajstić information content (AvgIpc) is 2.34. The molecule has 0 unspecified atom stereocenters. The van der Waals surface area contributed by atoms with E-state index in [2.05, 4.69) is 0 Å². The Morgan fingerprint density at radius 3 is 2.44 bits per heavy atom. The van der Waals surface area contributed by atoms with E-state index < -0.39 is 15.9 Å². The maximum atomic E-state index is 11.5. The Kier molecular flexibility index (Phi) is 5.26. The lowest BCUT2D eigenvalue weighted by molar-refractivity contribution is -0.121. The number of carbonyl (C=O) groups excluding carboxylic acids is 1. The molecule has 0 saturated carbocycles. The number of nitrogens with two attached hydrogens (primary N) is 1. The number of hydrazine groups is 1. The van der Waals surface area contributed by atoms with Gasteiger partial charge in [0.2, 0.25) is 15.9 Å². The van der Waals surface area contributed by atoms with Gasteiger partial charge in [-0.05, 0) is 12.0 Å². The summed E-state index contributed by atoms with van der Waals surface area (Å²) in [4.78, 5) is 11.1. The predicted octanol–water partition coefficient (Wildman–Crippen LogP) is -0.519. The lowest BCUT2D eigenvalue weighted by Crippen LogP contribution is -2.43. The Labute approximate surface area is 107 Å². The van der Waals surface area contributed by atoms with E-state index in [4.69, 9.17) is 5.84 Å². The highest BCUT2D eigenvalue weighted by molar-refractivity contribution is 7.88. The second-order valence-electron chi connectivity index (χ2n) is 3.90. The molecule has 1 rings (SSSR count). The number of carbonyl (C=O) groups is 1. The molecule has 0 saturated heterocycles. The van der Waals surface area contributed by atoms with Gasteiger partial charge in [-0.25, -0.2) is 14.3 Å². The Bertz CT molecular complexity index is 488. The summed E-state index contributed by atoms with van der Waals surface area (Å²) in [6.45, 7) is -0.0154. The number of amides is 1. The first kappa shape index (κ1) is 14.6. The Morgan fingerprint density at radius 2 is 1.94 bits per heavy atom. The maximum Gasteiger partial charge on any atom is 0.249 e. The molecule has 1 amide bonds. The molecule has 0 radical (unpaired) electrons. The van der Waals surface area contributed by atoms with Crippen LogP contribution in [0.1, 0.15) is 5.56 Å². The van der Waals surface area contributed by atoms with E-state index in [1.165, 1.54) is 0 Å². The summed E-state index contributed by atoms with van der Waals surface area (Å²) >= 11 is 0. The highest BCUT2D eigenvalue weighted by atomic mass is 32.2.